The highest BCUT2D eigenvalue weighted by atomic mass is 35.5. The average molecular weight is 346 g/mol. The maximum atomic E-state index is 12.5. The van der Waals surface area contributed by atoms with Crippen molar-refractivity contribution in [1.29, 1.82) is 0 Å². The number of carbonyl (C=O) groups is 1. The quantitative estimate of drug-likeness (QED) is 0.713. The van der Waals surface area contributed by atoms with E-state index in [9.17, 15) is 4.79 Å². The third-order valence-electron chi connectivity index (χ3n) is 4.37. The zero-order chi connectivity index (χ0) is 16.2. The van der Waals surface area contributed by atoms with Crippen LogP contribution in [0.15, 0.2) is 53.4 Å². The molecule has 2 aromatic carbocycles. The van der Waals surface area contributed by atoms with Crippen LogP contribution in [0.2, 0.25) is 5.02 Å². The van der Waals surface area contributed by atoms with Crippen molar-refractivity contribution in [3.63, 3.8) is 0 Å². The molecular weight excluding hydrogens is 326 g/mol. The van der Waals surface area contributed by atoms with E-state index in [1.165, 1.54) is 11.1 Å². The lowest BCUT2D eigenvalue weighted by atomic mass is 10.1. The summed E-state index contributed by atoms with van der Waals surface area (Å²) in [5.41, 5.74) is 2.68. The SMILES string of the molecule is CN(C(=O)CCSc1ccccc1Cl)C1CCc2ccccc21. The normalized spacial score (nSPS) is 16.2. The third kappa shape index (κ3) is 3.73. The summed E-state index contributed by atoms with van der Waals surface area (Å²) in [4.78, 5) is 15.4. The zero-order valence-electron chi connectivity index (χ0n) is 13.2. The van der Waals surface area contributed by atoms with Gasteiger partial charge >= 0.3 is 0 Å². The molecule has 4 heteroatoms. The number of fused-ring (bicyclic) bond motifs is 1. The van der Waals surface area contributed by atoms with E-state index in [1.807, 2.05) is 36.2 Å². The zero-order valence-corrected chi connectivity index (χ0v) is 14.7. The van der Waals surface area contributed by atoms with Gasteiger partial charge in [-0.3, -0.25) is 4.79 Å². The van der Waals surface area contributed by atoms with Gasteiger partial charge in [0, 0.05) is 24.1 Å². The molecule has 2 nitrogen and oxygen atoms in total. The Labute approximate surface area is 146 Å². The maximum Gasteiger partial charge on any atom is 0.223 e. The van der Waals surface area contributed by atoms with E-state index in [1.54, 1.807) is 11.8 Å². The predicted molar refractivity (Wildman–Crippen MR) is 97.1 cm³/mol. The van der Waals surface area contributed by atoms with Gasteiger partial charge in [0.05, 0.1) is 11.1 Å². The lowest BCUT2D eigenvalue weighted by Crippen LogP contribution is -2.30. The fourth-order valence-electron chi connectivity index (χ4n) is 3.10. The lowest BCUT2D eigenvalue weighted by molar-refractivity contribution is -0.131. The van der Waals surface area contributed by atoms with Gasteiger partial charge in [0.2, 0.25) is 5.91 Å². The molecule has 0 saturated carbocycles. The van der Waals surface area contributed by atoms with Crippen LogP contribution in [0.25, 0.3) is 0 Å². The van der Waals surface area contributed by atoms with E-state index < -0.39 is 0 Å². The van der Waals surface area contributed by atoms with E-state index >= 15 is 0 Å². The topological polar surface area (TPSA) is 20.3 Å². The summed E-state index contributed by atoms with van der Waals surface area (Å²) < 4.78 is 0. The minimum Gasteiger partial charge on any atom is -0.339 e. The highest BCUT2D eigenvalue weighted by Gasteiger charge is 2.27. The molecule has 0 N–H and O–H groups in total. The van der Waals surface area contributed by atoms with Crippen LogP contribution in [0, 0.1) is 0 Å². The van der Waals surface area contributed by atoms with Gasteiger partial charge in [0.15, 0.2) is 0 Å². The van der Waals surface area contributed by atoms with Crippen LogP contribution < -0.4 is 0 Å². The first-order valence-electron chi connectivity index (χ1n) is 7.87. The summed E-state index contributed by atoms with van der Waals surface area (Å²) in [7, 11) is 1.93. The smallest absolute Gasteiger partial charge is 0.223 e. The number of hydrogen-bond donors (Lipinski definition) is 0. The van der Waals surface area contributed by atoms with Crippen molar-refractivity contribution in [3.8, 4) is 0 Å². The Morgan fingerprint density at radius 2 is 1.96 bits per heavy atom. The number of amides is 1. The van der Waals surface area contributed by atoms with Crippen molar-refractivity contribution in [2.75, 3.05) is 12.8 Å². The second-order valence-corrected chi connectivity index (χ2v) is 7.33. The molecule has 0 aromatic heterocycles. The molecule has 23 heavy (non-hydrogen) atoms. The van der Waals surface area contributed by atoms with E-state index in [-0.39, 0.29) is 11.9 Å². The van der Waals surface area contributed by atoms with Crippen molar-refractivity contribution in [2.45, 2.75) is 30.2 Å². The summed E-state index contributed by atoms with van der Waals surface area (Å²) in [6.07, 6.45) is 2.62. The van der Waals surface area contributed by atoms with Gasteiger partial charge in [-0.25, -0.2) is 0 Å². The molecule has 120 valence electrons. The number of hydrogen-bond acceptors (Lipinski definition) is 2. The highest BCUT2D eigenvalue weighted by molar-refractivity contribution is 7.99. The number of thioether (sulfide) groups is 1. The summed E-state index contributed by atoms with van der Waals surface area (Å²) in [5.74, 6) is 0.952. The molecule has 1 unspecified atom stereocenters. The van der Waals surface area contributed by atoms with Gasteiger partial charge in [-0.1, -0.05) is 48.0 Å². The molecular formula is C19H20ClNOS. The van der Waals surface area contributed by atoms with Gasteiger partial charge in [-0.2, -0.15) is 0 Å². The van der Waals surface area contributed by atoms with E-state index in [0.717, 1.165) is 28.5 Å². The van der Waals surface area contributed by atoms with Crippen molar-refractivity contribution in [3.05, 3.63) is 64.7 Å². The number of carbonyl (C=O) groups excluding carboxylic acids is 1. The first-order valence-corrected chi connectivity index (χ1v) is 9.24. The molecule has 1 amide bonds. The van der Waals surface area contributed by atoms with Gasteiger partial charge in [-0.15, -0.1) is 11.8 Å². The van der Waals surface area contributed by atoms with E-state index in [2.05, 4.69) is 24.3 Å². The third-order valence-corrected chi connectivity index (χ3v) is 5.89. The molecule has 0 radical (unpaired) electrons. The summed E-state index contributed by atoms with van der Waals surface area (Å²) >= 11 is 7.79. The first kappa shape index (κ1) is 16.4. The van der Waals surface area contributed by atoms with Crippen molar-refractivity contribution >= 4 is 29.3 Å². The van der Waals surface area contributed by atoms with Gasteiger partial charge < -0.3 is 4.90 Å². The van der Waals surface area contributed by atoms with Crippen LogP contribution in [-0.2, 0) is 11.2 Å². The molecule has 1 atom stereocenters. The van der Waals surface area contributed by atoms with Crippen LogP contribution in [0.4, 0.5) is 0 Å². The minimum atomic E-state index is 0.200. The molecule has 0 aliphatic heterocycles. The largest absolute Gasteiger partial charge is 0.339 e. The molecule has 0 heterocycles. The van der Waals surface area contributed by atoms with Gasteiger partial charge in [-0.05, 0) is 36.1 Å². The summed E-state index contributed by atoms with van der Waals surface area (Å²) in [5, 5.41) is 0.753. The minimum absolute atomic E-state index is 0.200. The standard InChI is InChI=1S/C19H20ClNOS/c1-21(17-11-10-14-6-2-3-7-15(14)17)19(22)12-13-23-18-9-5-4-8-16(18)20/h2-9,17H,10-13H2,1H3. The molecule has 1 aliphatic carbocycles. The Bertz CT molecular complexity index is 703. The molecule has 0 fully saturated rings. The molecule has 0 spiro atoms. The lowest BCUT2D eigenvalue weighted by Gasteiger charge is -2.25. The van der Waals surface area contributed by atoms with Crippen molar-refractivity contribution in [1.82, 2.24) is 4.90 Å². The molecule has 2 aromatic rings. The average Bonchev–Trinajstić information content (AvgIpc) is 3.00. The van der Waals surface area contributed by atoms with E-state index in [4.69, 9.17) is 11.6 Å². The van der Waals surface area contributed by atoms with Crippen LogP contribution in [0.1, 0.15) is 30.0 Å². The predicted octanol–water partition coefficient (Wildman–Crippen LogP) is 4.97. The van der Waals surface area contributed by atoms with Crippen molar-refractivity contribution in [2.24, 2.45) is 0 Å². The van der Waals surface area contributed by atoms with E-state index in [0.29, 0.717) is 6.42 Å². The van der Waals surface area contributed by atoms with Gasteiger partial charge in [0.25, 0.3) is 0 Å². The molecule has 1 aliphatic rings. The monoisotopic (exact) mass is 345 g/mol. The summed E-state index contributed by atoms with van der Waals surface area (Å²) in [6, 6.07) is 16.4. The van der Waals surface area contributed by atoms with Crippen LogP contribution >= 0.6 is 23.4 Å². The van der Waals surface area contributed by atoms with Crippen LogP contribution in [0.5, 0.6) is 0 Å². The number of nitrogens with zero attached hydrogens (tertiary/aromatic N) is 1. The fraction of sp³-hybridized carbons (Fsp3) is 0.316. The highest BCUT2D eigenvalue weighted by Crippen LogP contribution is 2.35. The maximum absolute atomic E-state index is 12.5. The Hall–Kier alpha value is -1.45. The second-order valence-electron chi connectivity index (χ2n) is 5.79. The number of aryl methyl sites for hydroxylation is 1. The molecule has 0 bridgehead atoms. The number of rotatable bonds is 5. The Kier molecular flexibility index (Phi) is 5.29. The van der Waals surface area contributed by atoms with Crippen LogP contribution in [0.3, 0.4) is 0 Å². The molecule has 0 saturated heterocycles. The number of benzene rings is 2. The number of halogens is 1. The Morgan fingerprint density at radius 1 is 1.22 bits per heavy atom. The van der Waals surface area contributed by atoms with Gasteiger partial charge in [0.1, 0.15) is 0 Å². The fourth-order valence-corrected chi connectivity index (χ4v) is 4.27. The Balaban J connectivity index is 1.56. The van der Waals surface area contributed by atoms with Crippen LogP contribution in [-0.4, -0.2) is 23.6 Å². The second kappa shape index (κ2) is 7.41. The Morgan fingerprint density at radius 3 is 2.78 bits per heavy atom. The summed E-state index contributed by atoms with van der Waals surface area (Å²) in [6.45, 7) is 0. The van der Waals surface area contributed by atoms with Crippen molar-refractivity contribution < 1.29 is 4.79 Å². The molecule has 3 rings (SSSR count). The first-order chi connectivity index (χ1) is 11.2.